The van der Waals surface area contributed by atoms with Crippen molar-refractivity contribution < 1.29 is 19.2 Å². The first kappa shape index (κ1) is 34.4. The Kier molecular flexibility index (Phi) is 14.0. The SMILES string of the molecule is CC1CCC2C(C1)C1CC(NC(=O)C(C)C(C)C(=O)NOCc3ccccc3)C(=O)NCCCCCCCCCCCN2C1. The van der Waals surface area contributed by atoms with Gasteiger partial charge in [-0.05, 0) is 68.4 Å². The van der Waals surface area contributed by atoms with E-state index in [9.17, 15) is 14.4 Å². The Labute approximate surface area is 265 Å². The first-order valence-electron chi connectivity index (χ1n) is 17.6. The molecule has 2 aliphatic heterocycles. The molecule has 2 heterocycles. The number of hydrogen-bond acceptors (Lipinski definition) is 5. The summed E-state index contributed by atoms with van der Waals surface area (Å²) in [4.78, 5) is 48.1. The third-order valence-corrected chi connectivity index (χ3v) is 10.6. The first-order chi connectivity index (χ1) is 21.3. The quantitative estimate of drug-likeness (QED) is 0.341. The van der Waals surface area contributed by atoms with E-state index in [2.05, 4.69) is 27.9 Å². The third kappa shape index (κ3) is 10.3. The Morgan fingerprint density at radius 2 is 1.57 bits per heavy atom. The molecule has 0 spiro atoms. The number of hydrogen-bond donors (Lipinski definition) is 3. The van der Waals surface area contributed by atoms with Crippen LogP contribution in [0.2, 0.25) is 0 Å². The summed E-state index contributed by atoms with van der Waals surface area (Å²) in [6.45, 7) is 8.89. The fourth-order valence-corrected chi connectivity index (χ4v) is 7.61. The molecule has 8 heteroatoms. The predicted octanol–water partition coefficient (Wildman–Crippen LogP) is 5.76. The third-order valence-electron chi connectivity index (χ3n) is 10.6. The number of carbonyl (C=O) groups is 3. The second-order valence-corrected chi connectivity index (χ2v) is 14.0. The van der Waals surface area contributed by atoms with E-state index < -0.39 is 17.9 Å². The smallest absolute Gasteiger partial charge is 0.247 e. The summed E-state index contributed by atoms with van der Waals surface area (Å²) >= 11 is 0. The van der Waals surface area contributed by atoms with Crippen molar-refractivity contribution in [2.75, 3.05) is 19.6 Å². The molecule has 3 fully saturated rings. The molecule has 4 rings (SSSR count). The molecule has 1 aliphatic carbocycles. The van der Waals surface area contributed by atoms with Crippen LogP contribution in [0.15, 0.2) is 30.3 Å². The Morgan fingerprint density at radius 1 is 0.909 bits per heavy atom. The fourth-order valence-electron chi connectivity index (χ4n) is 7.61. The van der Waals surface area contributed by atoms with Gasteiger partial charge in [-0.1, -0.05) is 96.0 Å². The number of amides is 3. The number of rotatable bonds is 7. The van der Waals surface area contributed by atoms with E-state index in [1.165, 1.54) is 64.2 Å². The lowest BCUT2D eigenvalue weighted by atomic mass is 9.73. The van der Waals surface area contributed by atoms with E-state index >= 15 is 0 Å². The van der Waals surface area contributed by atoms with Crippen molar-refractivity contribution in [1.29, 1.82) is 0 Å². The van der Waals surface area contributed by atoms with Crippen LogP contribution in [-0.2, 0) is 25.8 Å². The van der Waals surface area contributed by atoms with E-state index in [1.807, 2.05) is 30.3 Å². The zero-order valence-electron chi connectivity index (χ0n) is 27.5. The number of nitrogens with zero attached hydrogens (tertiary/aromatic N) is 1. The summed E-state index contributed by atoms with van der Waals surface area (Å²) < 4.78 is 0. The van der Waals surface area contributed by atoms with Crippen LogP contribution in [0.25, 0.3) is 0 Å². The van der Waals surface area contributed by atoms with Gasteiger partial charge in [-0.2, -0.15) is 0 Å². The minimum absolute atomic E-state index is 0.0891. The van der Waals surface area contributed by atoms with Crippen molar-refractivity contribution >= 4 is 17.7 Å². The Bertz CT molecular complexity index is 1040. The van der Waals surface area contributed by atoms with Crippen molar-refractivity contribution in [3.8, 4) is 0 Å². The lowest BCUT2D eigenvalue weighted by molar-refractivity contribution is -0.143. The van der Waals surface area contributed by atoms with Crippen molar-refractivity contribution in [3.05, 3.63) is 35.9 Å². The van der Waals surface area contributed by atoms with Crippen LogP contribution in [-0.4, -0.2) is 54.3 Å². The van der Waals surface area contributed by atoms with Gasteiger partial charge >= 0.3 is 0 Å². The maximum Gasteiger partial charge on any atom is 0.247 e. The summed E-state index contributed by atoms with van der Waals surface area (Å²) in [7, 11) is 0. The number of fused-ring (bicyclic) bond motifs is 5. The zero-order chi connectivity index (χ0) is 31.3. The van der Waals surface area contributed by atoms with Gasteiger partial charge in [0.25, 0.3) is 0 Å². The van der Waals surface area contributed by atoms with Gasteiger partial charge in [0.1, 0.15) is 6.04 Å². The summed E-state index contributed by atoms with van der Waals surface area (Å²) in [6.07, 6.45) is 15.4. The van der Waals surface area contributed by atoms with Gasteiger partial charge in [0.2, 0.25) is 17.7 Å². The van der Waals surface area contributed by atoms with Crippen LogP contribution in [0.4, 0.5) is 0 Å². The second-order valence-electron chi connectivity index (χ2n) is 14.0. The van der Waals surface area contributed by atoms with Gasteiger partial charge < -0.3 is 10.6 Å². The molecule has 3 amide bonds. The average Bonchev–Trinajstić information content (AvgIpc) is 3.36. The van der Waals surface area contributed by atoms with E-state index in [4.69, 9.17) is 4.84 Å². The molecule has 1 saturated carbocycles. The molecule has 8 atom stereocenters. The van der Waals surface area contributed by atoms with Crippen LogP contribution in [0, 0.1) is 29.6 Å². The standard InChI is InChI=1S/C36H58N4O4/c1-26-18-19-33-31(22-26)30-23-32(36(43)37-20-14-9-7-5-4-6-8-10-15-21-40(33)24-30)38-34(41)27(2)28(3)35(42)39-44-25-29-16-12-11-13-17-29/h11-13,16-17,26-28,30-33H,4-10,14-15,18-25H2,1-3H3,(H,37,43)(H,38,41)(H,39,42). The number of carbonyl (C=O) groups excluding carboxylic acids is 3. The Morgan fingerprint density at radius 3 is 2.30 bits per heavy atom. The maximum absolute atomic E-state index is 13.6. The molecule has 2 bridgehead atoms. The molecule has 3 aliphatic rings. The highest BCUT2D eigenvalue weighted by Crippen LogP contribution is 2.44. The van der Waals surface area contributed by atoms with E-state index in [0.29, 0.717) is 36.8 Å². The summed E-state index contributed by atoms with van der Waals surface area (Å²) in [5, 5.41) is 6.26. The molecule has 2 saturated heterocycles. The molecule has 0 aromatic heterocycles. The molecule has 44 heavy (non-hydrogen) atoms. The van der Waals surface area contributed by atoms with Crippen molar-refractivity contribution in [1.82, 2.24) is 21.0 Å². The van der Waals surface area contributed by atoms with Gasteiger partial charge in [0.05, 0.1) is 6.61 Å². The molecule has 0 radical (unpaired) electrons. The van der Waals surface area contributed by atoms with Crippen LogP contribution in [0.5, 0.6) is 0 Å². The monoisotopic (exact) mass is 610 g/mol. The average molecular weight is 611 g/mol. The van der Waals surface area contributed by atoms with Gasteiger partial charge in [-0.25, -0.2) is 5.48 Å². The van der Waals surface area contributed by atoms with Crippen LogP contribution >= 0.6 is 0 Å². The molecule has 1 aromatic carbocycles. The van der Waals surface area contributed by atoms with Crippen LogP contribution in [0.1, 0.15) is 110 Å². The summed E-state index contributed by atoms with van der Waals surface area (Å²) in [5.74, 6) is -0.279. The normalized spacial score (nSPS) is 30.5. The van der Waals surface area contributed by atoms with E-state index in [-0.39, 0.29) is 24.3 Å². The van der Waals surface area contributed by atoms with Crippen molar-refractivity contribution in [2.45, 2.75) is 123 Å². The molecule has 246 valence electrons. The molecule has 3 N–H and O–H groups in total. The number of nitrogens with one attached hydrogen (secondary N) is 3. The summed E-state index contributed by atoms with van der Waals surface area (Å²) in [6, 6.07) is 9.60. The predicted molar refractivity (Wildman–Crippen MR) is 174 cm³/mol. The van der Waals surface area contributed by atoms with E-state index in [0.717, 1.165) is 31.5 Å². The topological polar surface area (TPSA) is 99.8 Å². The minimum atomic E-state index is -0.612. The molecular weight excluding hydrogens is 552 g/mol. The molecular formula is C36H58N4O4. The Balaban J connectivity index is 1.39. The van der Waals surface area contributed by atoms with Crippen LogP contribution < -0.4 is 16.1 Å². The van der Waals surface area contributed by atoms with Gasteiger partial charge in [0, 0.05) is 31.0 Å². The fraction of sp³-hybridized carbons (Fsp3) is 0.750. The summed E-state index contributed by atoms with van der Waals surface area (Å²) in [5.41, 5.74) is 3.46. The van der Waals surface area contributed by atoms with Crippen molar-refractivity contribution in [2.24, 2.45) is 29.6 Å². The second kappa shape index (κ2) is 17.9. The molecule has 8 nitrogen and oxygen atoms in total. The lowest BCUT2D eigenvalue weighted by Gasteiger charge is -2.36. The molecule has 1 aromatic rings. The Hall–Kier alpha value is -2.45. The highest BCUT2D eigenvalue weighted by molar-refractivity contribution is 5.91. The highest BCUT2D eigenvalue weighted by Gasteiger charge is 2.45. The highest BCUT2D eigenvalue weighted by atomic mass is 16.6. The first-order valence-corrected chi connectivity index (χ1v) is 17.6. The number of benzene rings is 1. The van der Waals surface area contributed by atoms with E-state index in [1.54, 1.807) is 13.8 Å². The largest absolute Gasteiger partial charge is 0.354 e. The van der Waals surface area contributed by atoms with Gasteiger partial charge in [-0.3, -0.25) is 24.1 Å². The van der Waals surface area contributed by atoms with Crippen molar-refractivity contribution in [3.63, 3.8) is 0 Å². The lowest BCUT2D eigenvalue weighted by Crippen LogP contribution is -2.51. The van der Waals surface area contributed by atoms with Gasteiger partial charge in [-0.15, -0.1) is 0 Å². The number of hydroxylamine groups is 1. The van der Waals surface area contributed by atoms with Gasteiger partial charge in [0.15, 0.2) is 0 Å². The maximum atomic E-state index is 13.6. The van der Waals surface area contributed by atoms with Crippen LogP contribution in [0.3, 0.4) is 0 Å². The molecule has 8 unspecified atom stereocenters. The minimum Gasteiger partial charge on any atom is -0.354 e. The zero-order valence-corrected chi connectivity index (χ0v) is 27.5.